The van der Waals surface area contributed by atoms with Crippen molar-refractivity contribution >= 4 is 11.6 Å². The zero-order valence-corrected chi connectivity index (χ0v) is 15.3. The fraction of sp³-hybridized carbons (Fsp3) is 0.714. The molecule has 0 amide bonds. The fourth-order valence-electron chi connectivity index (χ4n) is 6.62. The van der Waals surface area contributed by atoms with Gasteiger partial charge in [0.1, 0.15) is 11.4 Å². The molecule has 0 unspecified atom stereocenters. The number of hydrogen-bond donors (Lipinski definition) is 2. The van der Waals surface area contributed by atoms with E-state index in [-0.39, 0.29) is 34.7 Å². The maximum Gasteiger partial charge on any atom is 0.161 e. The predicted octanol–water partition coefficient (Wildman–Crippen LogP) is 2.59. The Morgan fingerprint density at radius 1 is 1.20 bits per heavy atom. The van der Waals surface area contributed by atoms with Gasteiger partial charge in [0.25, 0.3) is 0 Å². The molecule has 0 aromatic rings. The summed E-state index contributed by atoms with van der Waals surface area (Å²) in [7, 11) is 0. The van der Waals surface area contributed by atoms with Crippen LogP contribution in [0.1, 0.15) is 52.9 Å². The summed E-state index contributed by atoms with van der Waals surface area (Å²) in [5.74, 6) is 0.211. The Morgan fingerprint density at radius 2 is 1.88 bits per heavy atom. The van der Waals surface area contributed by atoms with Crippen LogP contribution >= 0.6 is 0 Å². The van der Waals surface area contributed by atoms with Crippen molar-refractivity contribution in [2.24, 2.45) is 28.6 Å². The molecule has 25 heavy (non-hydrogen) atoms. The van der Waals surface area contributed by atoms with E-state index in [2.05, 4.69) is 13.0 Å². The zero-order valence-electron chi connectivity index (χ0n) is 15.3. The minimum Gasteiger partial charge on any atom is -0.385 e. The van der Waals surface area contributed by atoms with Gasteiger partial charge in [0, 0.05) is 23.2 Å². The van der Waals surface area contributed by atoms with Gasteiger partial charge < -0.3 is 10.2 Å². The van der Waals surface area contributed by atoms with Crippen LogP contribution in [-0.2, 0) is 9.59 Å². The van der Waals surface area contributed by atoms with Crippen LogP contribution in [0.15, 0.2) is 23.8 Å². The lowest BCUT2D eigenvalue weighted by Crippen LogP contribution is -2.58. The van der Waals surface area contributed by atoms with E-state index in [4.69, 9.17) is 0 Å². The highest BCUT2D eigenvalue weighted by molar-refractivity contribution is 5.89. The minimum absolute atomic E-state index is 0.0614. The number of allylic oxidation sites excluding steroid dienone is 2. The third-order valence-corrected chi connectivity index (χ3v) is 8.21. The third-order valence-electron chi connectivity index (χ3n) is 8.21. The second-order valence-corrected chi connectivity index (χ2v) is 9.12. The van der Waals surface area contributed by atoms with E-state index in [1.807, 2.05) is 19.1 Å². The van der Waals surface area contributed by atoms with Crippen molar-refractivity contribution in [1.29, 1.82) is 0 Å². The van der Waals surface area contributed by atoms with E-state index >= 15 is 0 Å². The van der Waals surface area contributed by atoms with Crippen LogP contribution in [0, 0.1) is 28.6 Å². The average molecular weight is 344 g/mol. The molecule has 4 heteroatoms. The lowest BCUT2D eigenvalue weighted by Gasteiger charge is -2.57. The first kappa shape index (κ1) is 17.2. The summed E-state index contributed by atoms with van der Waals surface area (Å²) in [5.41, 5.74) is -0.961. The third kappa shape index (κ3) is 2.01. The smallest absolute Gasteiger partial charge is 0.161 e. The molecule has 0 bridgehead atoms. The van der Waals surface area contributed by atoms with E-state index in [1.165, 1.54) is 6.92 Å². The van der Waals surface area contributed by atoms with E-state index < -0.39 is 17.1 Å². The number of ketones is 2. The van der Waals surface area contributed by atoms with Gasteiger partial charge in [-0.2, -0.15) is 0 Å². The molecule has 0 radical (unpaired) electrons. The monoisotopic (exact) mass is 344 g/mol. The SMILES string of the molecule is CC(=O)[C@@]1(O)CC[C@H]2[C@@H]3C(=O)CC4=C[C@H](O)C=C[C@]4(C)[C@H]3CC[C@@]21C. The highest BCUT2D eigenvalue weighted by Crippen LogP contribution is 2.66. The van der Waals surface area contributed by atoms with Gasteiger partial charge in [0.2, 0.25) is 0 Å². The first-order valence-electron chi connectivity index (χ1n) is 9.48. The molecular formula is C21H28O4. The summed E-state index contributed by atoms with van der Waals surface area (Å²) in [4.78, 5) is 25.3. The maximum absolute atomic E-state index is 13.1. The lowest BCUT2D eigenvalue weighted by atomic mass is 9.47. The number of aliphatic hydroxyl groups excluding tert-OH is 1. The Bertz CT molecular complexity index is 707. The highest BCUT2D eigenvalue weighted by atomic mass is 16.3. The predicted molar refractivity (Wildman–Crippen MR) is 93.6 cm³/mol. The van der Waals surface area contributed by atoms with Crippen LogP contribution < -0.4 is 0 Å². The van der Waals surface area contributed by atoms with E-state index in [0.29, 0.717) is 12.8 Å². The first-order valence-corrected chi connectivity index (χ1v) is 9.48. The molecule has 0 aromatic heterocycles. The maximum atomic E-state index is 13.1. The van der Waals surface area contributed by atoms with Gasteiger partial charge in [-0.1, -0.05) is 37.6 Å². The Balaban J connectivity index is 1.76. The van der Waals surface area contributed by atoms with E-state index in [9.17, 15) is 19.8 Å². The van der Waals surface area contributed by atoms with Crippen LogP contribution in [-0.4, -0.2) is 33.5 Å². The van der Waals surface area contributed by atoms with Crippen LogP contribution in [0.2, 0.25) is 0 Å². The topological polar surface area (TPSA) is 74.6 Å². The van der Waals surface area contributed by atoms with Gasteiger partial charge in [-0.3, -0.25) is 9.59 Å². The van der Waals surface area contributed by atoms with E-state index in [0.717, 1.165) is 24.8 Å². The number of hydrogen-bond acceptors (Lipinski definition) is 4. The summed E-state index contributed by atoms with van der Waals surface area (Å²) >= 11 is 0. The number of fused-ring (bicyclic) bond motifs is 5. The molecule has 4 aliphatic rings. The molecule has 4 aliphatic carbocycles. The minimum atomic E-state index is -1.29. The van der Waals surface area contributed by atoms with Gasteiger partial charge in [0.15, 0.2) is 5.78 Å². The lowest BCUT2D eigenvalue weighted by molar-refractivity contribution is -0.162. The van der Waals surface area contributed by atoms with Gasteiger partial charge in [-0.15, -0.1) is 0 Å². The Kier molecular flexibility index (Phi) is 3.53. The van der Waals surface area contributed by atoms with Crippen molar-refractivity contribution in [3.8, 4) is 0 Å². The van der Waals surface area contributed by atoms with Crippen molar-refractivity contribution in [1.82, 2.24) is 0 Å². The normalized spacial score (nSPS) is 51.4. The van der Waals surface area contributed by atoms with Crippen LogP contribution in [0.5, 0.6) is 0 Å². The second-order valence-electron chi connectivity index (χ2n) is 9.12. The van der Waals surface area contributed by atoms with Gasteiger partial charge in [0.05, 0.1) is 6.10 Å². The van der Waals surface area contributed by atoms with Crippen molar-refractivity contribution in [2.75, 3.05) is 0 Å². The van der Waals surface area contributed by atoms with E-state index in [1.54, 1.807) is 0 Å². The van der Waals surface area contributed by atoms with Crippen molar-refractivity contribution in [2.45, 2.75) is 64.6 Å². The molecule has 3 fully saturated rings. The van der Waals surface area contributed by atoms with Gasteiger partial charge >= 0.3 is 0 Å². The largest absolute Gasteiger partial charge is 0.385 e. The Hall–Kier alpha value is -1.26. The molecule has 0 saturated heterocycles. The molecule has 0 heterocycles. The van der Waals surface area contributed by atoms with Crippen molar-refractivity contribution in [3.05, 3.63) is 23.8 Å². The summed E-state index contributed by atoms with van der Waals surface area (Å²) in [6.45, 7) is 5.68. The summed E-state index contributed by atoms with van der Waals surface area (Å²) in [6, 6.07) is 0. The molecule has 0 aromatic carbocycles. The number of aliphatic hydroxyl groups is 2. The average Bonchev–Trinajstić information content (AvgIpc) is 2.82. The number of Topliss-reactive ketones (excluding diaryl/α,β-unsaturated/α-hetero) is 2. The Labute approximate surface area is 149 Å². The number of carbonyl (C=O) groups excluding carboxylic acids is 2. The number of rotatable bonds is 1. The Morgan fingerprint density at radius 3 is 2.56 bits per heavy atom. The molecule has 0 spiro atoms. The molecule has 2 N–H and O–H groups in total. The highest BCUT2D eigenvalue weighted by Gasteiger charge is 2.66. The van der Waals surface area contributed by atoms with Crippen LogP contribution in [0.4, 0.5) is 0 Å². The zero-order chi connectivity index (χ0) is 18.2. The molecule has 136 valence electrons. The second kappa shape index (κ2) is 5.14. The quantitative estimate of drug-likeness (QED) is 0.717. The molecular weight excluding hydrogens is 316 g/mol. The van der Waals surface area contributed by atoms with Crippen LogP contribution in [0.25, 0.3) is 0 Å². The molecule has 4 nitrogen and oxygen atoms in total. The van der Waals surface area contributed by atoms with Gasteiger partial charge in [-0.25, -0.2) is 0 Å². The van der Waals surface area contributed by atoms with Crippen molar-refractivity contribution < 1.29 is 19.8 Å². The molecule has 0 aliphatic heterocycles. The number of carbonyl (C=O) groups is 2. The molecule has 4 rings (SSSR count). The first-order chi connectivity index (χ1) is 11.6. The molecule has 7 atom stereocenters. The standard InChI is InChI=1S/C21H28O4/c1-12(22)21(25)9-6-16-18-15(5-8-20(16,21)3)19(2)7-4-14(23)10-13(19)11-17(18)24/h4,7,10,14-16,18,23,25H,5-6,8-9,11H2,1-3H3/t14-,15+,16+,18-,19+,20+,21+/m1/s1. The molecule has 3 saturated carbocycles. The van der Waals surface area contributed by atoms with Crippen LogP contribution in [0.3, 0.4) is 0 Å². The summed E-state index contributed by atoms with van der Waals surface area (Å²) in [5, 5.41) is 21.0. The van der Waals surface area contributed by atoms with Gasteiger partial charge in [-0.05, 0) is 44.4 Å². The summed E-state index contributed by atoms with van der Waals surface area (Å²) < 4.78 is 0. The summed E-state index contributed by atoms with van der Waals surface area (Å²) in [6.07, 6.45) is 8.32. The van der Waals surface area contributed by atoms with Crippen molar-refractivity contribution in [3.63, 3.8) is 0 Å². The fourth-order valence-corrected chi connectivity index (χ4v) is 6.62.